The van der Waals surface area contributed by atoms with Crippen LogP contribution >= 0.6 is 0 Å². The summed E-state index contributed by atoms with van der Waals surface area (Å²) in [4.78, 5) is 35.1. The van der Waals surface area contributed by atoms with Crippen molar-refractivity contribution in [3.8, 4) is 0 Å². The average molecular weight is 476 g/mol. The van der Waals surface area contributed by atoms with E-state index in [4.69, 9.17) is 0 Å². The van der Waals surface area contributed by atoms with Crippen LogP contribution in [0.5, 0.6) is 0 Å². The number of benzene rings is 1. The standard InChI is InChI=1S/C25H35F2N5O2/c1-17(2)15-31(19-12-18(13-28-14-19)24(33)30-10-6-3-7-11-30)25(34)23-29-20-8-4-5-9-21(20)32(23)16-22(26)27/h4-5,8-9,17-19,22,28H,3,6-7,10-16H2,1-2H3/t18-,19+/m1/s1. The number of carbonyl (C=O) groups excluding carboxylic acids is 2. The Labute approximate surface area is 199 Å². The van der Waals surface area contributed by atoms with Crippen LogP contribution in [0.1, 0.15) is 50.1 Å². The summed E-state index contributed by atoms with van der Waals surface area (Å²) in [6, 6.07) is 6.78. The molecule has 2 fully saturated rings. The minimum Gasteiger partial charge on any atom is -0.342 e. The van der Waals surface area contributed by atoms with E-state index >= 15 is 0 Å². The van der Waals surface area contributed by atoms with Crippen LogP contribution < -0.4 is 5.32 Å². The van der Waals surface area contributed by atoms with Crippen molar-refractivity contribution in [3.05, 3.63) is 30.1 Å². The SMILES string of the molecule is CC(C)CN(C(=O)c1nc2ccccc2n1CC(F)F)[C@@H]1CNC[C@H](C(=O)N2CCCCC2)C1. The molecule has 2 amide bonds. The zero-order chi connectivity index (χ0) is 24.2. The van der Waals surface area contributed by atoms with Crippen LogP contribution in [0.3, 0.4) is 0 Å². The van der Waals surface area contributed by atoms with Gasteiger partial charge < -0.3 is 19.7 Å². The van der Waals surface area contributed by atoms with Crippen LogP contribution in [0.4, 0.5) is 8.78 Å². The molecule has 0 unspecified atom stereocenters. The van der Waals surface area contributed by atoms with Gasteiger partial charge in [-0.2, -0.15) is 0 Å². The Morgan fingerprint density at radius 3 is 2.59 bits per heavy atom. The fourth-order valence-corrected chi connectivity index (χ4v) is 5.20. The highest BCUT2D eigenvalue weighted by Gasteiger charge is 2.36. The monoisotopic (exact) mass is 475 g/mol. The Kier molecular flexibility index (Phi) is 7.80. The fraction of sp³-hybridized carbons (Fsp3) is 0.640. The normalized spacial score (nSPS) is 21.4. The van der Waals surface area contributed by atoms with Gasteiger partial charge in [-0.3, -0.25) is 9.59 Å². The first-order chi connectivity index (χ1) is 16.3. The number of aromatic nitrogens is 2. The quantitative estimate of drug-likeness (QED) is 0.667. The zero-order valence-corrected chi connectivity index (χ0v) is 20.1. The van der Waals surface area contributed by atoms with Crippen molar-refractivity contribution in [2.45, 2.75) is 58.5 Å². The van der Waals surface area contributed by atoms with Gasteiger partial charge in [0, 0.05) is 38.8 Å². The van der Waals surface area contributed by atoms with Crippen LogP contribution in [0.25, 0.3) is 11.0 Å². The van der Waals surface area contributed by atoms with Gasteiger partial charge in [-0.05, 0) is 43.7 Å². The third kappa shape index (κ3) is 5.40. The topological polar surface area (TPSA) is 70.5 Å². The summed E-state index contributed by atoms with van der Waals surface area (Å²) in [7, 11) is 0. The third-order valence-corrected chi connectivity index (χ3v) is 6.77. The molecule has 1 N–H and O–H groups in total. The molecular formula is C25H35F2N5O2. The lowest BCUT2D eigenvalue weighted by Crippen LogP contribution is -2.55. The molecule has 2 aliphatic rings. The first-order valence-corrected chi connectivity index (χ1v) is 12.4. The summed E-state index contributed by atoms with van der Waals surface area (Å²) in [5.41, 5.74) is 1.05. The van der Waals surface area contributed by atoms with Gasteiger partial charge in [0.25, 0.3) is 12.3 Å². The molecule has 2 aliphatic heterocycles. The van der Waals surface area contributed by atoms with E-state index in [1.54, 1.807) is 29.2 Å². The maximum absolute atomic E-state index is 13.8. The van der Waals surface area contributed by atoms with E-state index in [0.717, 1.165) is 32.4 Å². The summed E-state index contributed by atoms with van der Waals surface area (Å²) in [6.07, 6.45) is 1.19. The maximum atomic E-state index is 13.8. The van der Waals surface area contributed by atoms with E-state index in [2.05, 4.69) is 10.3 Å². The van der Waals surface area contributed by atoms with Gasteiger partial charge in [-0.25, -0.2) is 13.8 Å². The Hall–Kier alpha value is -2.55. The number of nitrogens with zero attached hydrogens (tertiary/aromatic N) is 4. The minimum atomic E-state index is -2.61. The fourth-order valence-electron chi connectivity index (χ4n) is 5.20. The highest BCUT2D eigenvalue weighted by atomic mass is 19.3. The number of imidazole rings is 1. The second kappa shape index (κ2) is 10.8. The van der Waals surface area contributed by atoms with Crippen molar-refractivity contribution in [1.82, 2.24) is 24.7 Å². The molecule has 0 saturated carbocycles. The molecule has 186 valence electrons. The molecule has 9 heteroatoms. The van der Waals surface area contributed by atoms with E-state index in [1.165, 1.54) is 4.57 Å². The Morgan fingerprint density at radius 1 is 1.15 bits per heavy atom. The van der Waals surface area contributed by atoms with E-state index in [-0.39, 0.29) is 35.5 Å². The molecule has 1 aromatic heterocycles. The number of amides is 2. The predicted octanol–water partition coefficient (Wildman–Crippen LogP) is 3.39. The Balaban J connectivity index is 1.60. The molecule has 3 heterocycles. The number of carbonyl (C=O) groups is 2. The van der Waals surface area contributed by atoms with Crippen molar-refractivity contribution in [3.63, 3.8) is 0 Å². The van der Waals surface area contributed by atoms with Crippen LogP contribution in [0, 0.1) is 11.8 Å². The van der Waals surface area contributed by atoms with Gasteiger partial charge in [-0.15, -0.1) is 0 Å². The lowest BCUT2D eigenvalue weighted by Gasteiger charge is -2.40. The number of alkyl halides is 2. The van der Waals surface area contributed by atoms with Crippen LogP contribution in [-0.4, -0.2) is 76.4 Å². The number of halogens is 2. The number of rotatable bonds is 7. The minimum absolute atomic E-state index is 0.0339. The Bertz CT molecular complexity index is 1000. The lowest BCUT2D eigenvalue weighted by atomic mass is 9.92. The van der Waals surface area contributed by atoms with E-state index in [1.807, 2.05) is 18.7 Å². The molecule has 7 nitrogen and oxygen atoms in total. The first-order valence-electron chi connectivity index (χ1n) is 12.4. The van der Waals surface area contributed by atoms with Gasteiger partial charge >= 0.3 is 0 Å². The van der Waals surface area contributed by atoms with Gasteiger partial charge in [0.15, 0.2) is 5.82 Å². The molecule has 0 spiro atoms. The van der Waals surface area contributed by atoms with Crippen molar-refractivity contribution in [2.24, 2.45) is 11.8 Å². The number of nitrogens with one attached hydrogen (secondary N) is 1. The number of hydrogen-bond donors (Lipinski definition) is 1. The molecule has 34 heavy (non-hydrogen) atoms. The lowest BCUT2D eigenvalue weighted by molar-refractivity contribution is -0.137. The molecule has 2 atom stereocenters. The molecule has 4 rings (SSSR count). The summed E-state index contributed by atoms with van der Waals surface area (Å²) in [5, 5.41) is 3.35. The maximum Gasteiger partial charge on any atom is 0.290 e. The average Bonchev–Trinajstić information content (AvgIpc) is 3.20. The molecule has 0 bridgehead atoms. The summed E-state index contributed by atoms with van der Waals surface area (Å²) in [5.74, 6) is -0.192. The van der Waals surface area contributed by atoms with E-state index in [9.17, 15) is 18.4 Å². The highest BCUT2D eigenvalue weighted by Crippen LogP contribution is 2.25. The van der Waals surface area contributed by atoms with Crippen molar-refractivity contribution in [1.29, 1.82) is 0 Å². The van der Waals surface area contributed by atoms with Gasteiger partial charge in [0.1, 0.15) is 0 Å². The molecule has 1 aromatic carbocycles. The number of fused-ring (bicyclic) bond motifs is 1. The number of piperidine rings is 2. The van der Waals surface area contributed by atoms with Gasteiger partial charge in [0.05, 0.1) is 23.5 Å². The predicted molar refractivity (Wildman–Crippen MR) is 127 cm³/mol. The van der Waals surface area contributed by atoms with Crippen LogP contribution in [0.2, 0.25) is 0 Å². The molecule has 2 aromatic rings. The number of likely N-dealkylation sites (tertiary alicyclic amines) is 1. The molecular weight excluding hydrogens is 440 g/mol. The van der Waals surface area contributed by atoms with Crippen LogP contribution in [-0.2, 0) is 11.3 Å². The zero-order valence-electron chi connectivity index (χ0n) is 20.1. The second-order valence-corrected chi connectivity index (χ2v) is 9.91. The van der Waals surface area contributed by atoms with Crippen LogP contribution in [0.15, 0.2) is 24.3 Å². The first kappa shape index (κ1) is 24.6. The summed E-state index contributed by atoms with van der Waals surface area (Å²) in [6.45, 7) is 6.68. The summed E-state index contributed by atoms with van der Waals surface area (Å²) < 4.78 is 28.2. The second-order valence-electron chi connectivity index (χ2n) is 9.91. The molecule has 0 radical (unpaired) electrons. The van der Waals surface area contributed by atoms with E-state index in [0.29, 0.717) is 37.1 Å². The highest BCUT2D eigenvalue weighted by molar-refractivity contribution is 5.95. The third-order valence-electron chi connectivity index (χ3n) is 6.77. The van der Waals surface area contributed by atoms with E-state index < -0.39 is 13.0 Å². The van der Waals surface area contributed by atoms with Gasteiger partial charge in [0.2, 0.25) is 5.91 Å². The summed E-state index contributed by atoms with van der Waals surface area (Å²) >= 11 is 0. The van der Waals surface area contributed by atoms with Crippen molar-refractivity contribution in [2.75, 3.05) is 32.7 Å². The molecule has 0 aliphatic carbocycles. The van der Waals surface area contributed by atoms with Crippen molar-refractivity contribution < 1.29 is 18.4 Å². The number of hydrogen-bond acceptors (Lipinski definition) is 4. The Morgan fingerprint density at radius 2 is 1.88 bits per heavy atom. The number of para-hydroxylation sites is 2. The smallest absolute Gasteiger partial charge is 0.290 e. The largest absolute Gasteiger partial charge is 0.342 e. The van der Waals surface area contributed by atoms with Crippen molar-refractivity contribution >= 4 is 22.8 Å². The molecule has 2 saturated heterocycles. The van der Waals surface area contributed by atoms with Gasteiger partial charge in [-0.1, -0.05) is 26.0 Å².